The molecule has 1 N–H and O–H groups in total. The van der Waals surface area contributed by atoms with Crippen LogP contribution in [0.4, 0.5) is 0 Å². The third-order valence-corrected chi connectivity index (χ3v) is 5.20. The molecular formula is C19H19Cl2NO2. The molecule has 0 unspecified atom stereocenters. The SMILES string of the molecule is O=C(NCc1ccccc1Cl)C1(c2ccc(Cl)cc2)CCOCC1. The Morgan fingerprint density at radius 3 is 2.38 bits per heavy atom. The summed E-state index contributed by atoms with van der Waals surface area (Å²) in [4.78, 5) is 13.0. The minimum Gasteiger partial charge on any atom is -0.381 e. The highest BCUT2D eigenvalue weighted by Gasteiger charge is 2.41. The van der Waals surface area contributed by atoms with E-state index in [4.69, 9.17) is 27.9 Å². The van der Waals surface area contributed by atoms with Gasteiger partial charge in [0.1, 0.15) is 0 Å². The van der Waals surface area contributed by atoms with Gasteiger partial charge in [0.05, 0.1) is 5.41 Å². The molecule has 126 valence electrons. The zero-order valence-corrected chi connectivity index (χ0v) is 14.7. The first-order valence-electron chi connectivity index (χ1n) is 7.97. The fraction of sp³-hybridized carbons (Fsp3) is 0.316. The summed E-state index contributed by atoms with van der Waals surface area (Å²) in [6.07, 6.45) is 1.31. The summed E-state index contributed by atoms with van der Waals surface area (Å²) >= 11 is 12.2. The molecule has 3 rings (SSSR count). The minimum atomic E-state index is -0.579. The fourth-order valence-corrected chi connectivity index (χ4v) is 3.45. The van der Waals surface area contributed by atoms with Gasteiger partial charge in [0, 0.05) is 29.8 Å². The van der Waals surface area contributed by atoms with E-state index in [-0.39, 0.29) is 5.91 Å². The van der Waals surface area contributed by atoms with Crippen LogP contribution in [0.2, 0.25) is 10.0 Å². The second-order valence-electron chi connectivity index (χ2n) is 5.98. The van der Waals surface area contributed by atoms with Crippen LogP contribution in [-0.2, 0) is 21.5 Å². The number of benzene rings is 2. The van der Waals surface area contributed by atoms with Crippen molar-refractivity contribution in [2.75, 3.05) is 13.2 Å². The molecule has 0 saturated carbocycles. The predicted molar refractivity (Wildman–Crippen MR) is 96.5 cm³/mol. The van der Waals surface area contributed by atoms with Crippen LogP contribution in [0.15, 0.2) is 48.5 Å². The van der Waals surface area contributed by atoms with Gasteiger partial charge in [0.25, 0.3) is 0 Å². The maximum atomic E-state index is 13.0. The maximum absolute atomic E-state index is 13.0. The van der Waals surface area contributed by atoms with E-state index in [2.05, 4.69) is 5.32 Å². The third-order valence-electron chi connectivity index (χ3n) is 4.58. The first kappa shape index (κ1) is 17.3. The molecule has 0 radical (unpaired) electrons. The van der Waals surface area contributed by atoms with Gasteiger partial charge in [-0.1, -0.05) is 53.5 Å². The van der Waals surface area contributed by atoms with Crippen molar-refractivity contribution >= 4 is 29.1 Å². The average molecular weight is 364 g/mol. The lowest BCUT2D eigenvalue weighted by atomic mass is 9.73. The van der Waals surface area contributed by atoms with Crippen LogP contribution in [0.25, 0.3) is 0 Å². The molecule has 5 heteroatoms. The summed E-state index contributed by atoms with van der Waals surface area (Å²) in [5.74, 6) is 0.00745. The molecule has 0 spiro atoms. The van der Waals surface area contributed by atoms with Crippen LogP contribution in [0.1, 0.15) is 24.0 Å². The smallest absolute Gasteiger partial charge is 0.231 e. The van der Waals surface area contributed by atoms with Crippen LogP contribution in [0.5, 0.6) is 0 Å². The summed E-state index contributed by atoms with van der Waals surface area (Å²) < 4.78 is 5.47. The third kappa shape index (κ3) is 3.59. The number of halogens is 2. The van der Waals surface area contributed by atoms with E-state index in [1.807, 2.05) is 48.5 Å². The van der Waals surface area contributed by atoms with E-state index in [0.717, 1.165) is 11.1 Å². The molecular weight excluding hydrogens is 345 g/mol. The van der Waals surface area contributed by atoms with Crippen LogP contribution < -0.4 is 5.32 Å². The van der Waals surface area contributed by atoms with Crippen molar-refractivity contribution in [2.24, 2.45) is 0 Å². The summed E-state index contributed by atoms with van der Waals surface area (Å²) in [6.45, 7) is 1.55. The number of nitrogens with one attached hydrogen (secondary N) is 1. The lowest BCUT2D eigenvalue weighted by Gasteiger charge is -2.36. The van der Waals surface area contributed by atoms with Crippen molar-refractivity contribution in [3.8, 4) is 0 Å². The first-order valence-corrected chi connectivity index (χ1v) is 8.73. The molecule has 1 heterocycles. The van der Waals surface area contributed by atoms with Crippen LogP contribution in [0, 0.1) is 0 Å². The van der Waals surface area contributed by atoms with Crippen LogP contribution >= 0.6 is 23.2 Å². The zero-order valence-electron chi connectivity index (χ0n) is 13.2. The normalized spacial score (nSPS) is 16.6. The lowest BCUT2D eigenvalue weighted by Crippen LogP contribution is -2.47. The van der Waals surface area contributed by atoms with Crippen molar-refractivity contribution in [1.82, 2.24) is 5.32 Å². The van der Waals surface area contributed by atoms with Crippen molar-refractivity contribution in [1.29, 1.82) is 0 Å². The Morgan fingerprint density at radius 1 is 1.04 bits per heavy atom. The number of hydrogen-bond acceptors (Lipinski definition) is 2. The van der Waals surface area contributed by atoms with Crippen molar-refractivity contribution in [2.45, 2.75) is 24.8 Å². The van der Waals surface area contributed by atoms with Crippen molar-refractivity contribution < 1.29 is 9.53 Å². The molecule has 24 heavy (non-hydrogen) atoms. The number of carbonyl (C=O) groups excluding carboxylic acids is 1. The number of carbonyl (C=O) groups is 1. The van der Waals surface area contributed by atoms with Gasteiger partial charge in [0.2, 0.25) is 5.91 Å². The molecule has 0 aromatic heterocycles. The number of amides is 1. The monoisotopic (exact) mass is 363 g/mol. The summed E-state index contributed by atoms with van der Waals surface area (Å²) in [6, 6.07) is 15.1. The van der Waals surface area contributed by atoms with E-state index >= 15 is 0 Å². The number of hydrogen-bond donors (Lipinski definition) is 1. The molecule has 0 atom stereocenters. The van der Waals surface area contributed by atoms with Crippen molar-refractivity contribution in [3.05, 3.63) is 69.7 Å². The molecule has 1 saturated heterocycles. The van der Waals surface area contributed by atoms with Gasteiger partial charge in [0.15, 0.2) is 0 Å². The Labute approximate surface area is 151 Å². The summed E-state index contributed by atoms with van der Waals surface area (Å²) in [5, 5.41) is 4.37. The Hall–Kier alpha value is -1.55. The van der Waals surface area contributed by atoms with E-state index in [1.165, 1.54) is 0 Å². The first-order chi connectivity index (χ1) is 11.6. The summed E-state index contributed by atoms with van der Waals surface area (Å²) in [5.41, 5.74) is 1.31. The number of ether oxygens (including phenoxy) is 1. The molecule has 0 aliphatic carbocycles. The van der Waals surface area contributed by atoms with Gasteiger partial charge in [-0.15, -0.1) is 0 Å². The van der Waals surface area contributed by atoms with Crippen molar-refractivity contribution in [3.63, 3.8) is 0 Å². The van der Waals surface area contributed by atoms with E-state index < -0.39 is 5.41 Å². The topological polar surface area (TPSA) is 38.3 Å². The summed E-state index contributed by atoms with van der Waals surface area (Å²) in [7, 11) is 0. The largest absolute Gasteiger partial charge is 0.381 e. The van der Waals surface area contributed by atoms with E-state index in [1.54, 1.807) is 0 Å². The second-order valence-corrected chi connectivity index (χ2v) is 6.82. The van der Waals surface area contributed by atoms with Gasteiger partial charge in [-0.2, -0.15) is 0 Å². The lowest BCUT2D eigenvalue weighted by molar-refractivity contribution is -0.130. The van der Waals surface area contributed by atoms with Gasteiger partial charge < -0.3 is 10.1 Å². The average Bonchev–Trinajstić information content (AvgIpc) is 2.62. The molecule has 1 aliphatic heterocycles. The molecule has 2 aromatic carbocycles. The van der Waals surface area contributed by atoms with Crippen LogP contribution in [0.3, 0.4) is 0 Å². The zero-order chi connectivity index (χ0) is 17.0. The number of rotatable bonds is 4. The highest BCUT2D eigenvalue weighted by atomic mass is 35.5. The Morgan fingerprint density at radius 2 is 1.71 bits per heavy atom. The molecule has 1 amide bonds. The molecule has 1 fully saturated rings. The van der Waals surface area contributed by atoms with E-state index in [9.17, 15) is 4.79 Å². The Kier molecular flexibility index (Phi) is 5.44. The predicted octanol–water partition coefficient (Wildman–Crippen LogP) is 4.36. The van der Waals surface area contributed by atoms with E-state index in [0.29, 0.717) is 42.6 Å². The van der Waals surface area contributed by atoms with Crippen LogP contribution in [-0.4, -0.2) is 19.1 Å². The molecule has 3 nitrogen and oxygen atoms in total. The quantitative estimate of drug-likeness (QED) is 0.876. The Bertz CT molecular complexity index is 710. The Balaban J connectivity index is 1.82. The van der Waals surface area contributed by atoms with Gasteiger partial charge in [-0.3, -0.25) is 4.79 Å². The maximum Gasteiger partial charge on any atom is 0.231 e. The molecule has 2 aromatic rings. The van der Waals surface area contributed by atoms with Gasteiger partial charge >= 0.3 is 0 Å². The highest BCUT2D eigenvalue weighted by Crippen LogP contribution is 2.36. The standard InChI is InChI=1S/C19H19Cl2NO2/c20-16-7-5-15(6-8-16)19(9-11-24-12-10-19)18(23)22-13-14-3-1-2-4-17(14)21/h1-8H,9-13H2,(H,22,23). The molecule has 1 aliphatic rings. The second kappa shape index (κ2) is 7.56. The van der Waals surface area contributed by atoms with Gasteiger partial charge in [-0.05, 0) is 42.2 Å². The fourth-order valence-electron chi connectivity index (χ4n) is 3.12. The minimum absolute atomic E-state index is 0.00745. The highest BCUT2D eigenvalue weighted by molar-refractivity contribution is 6.31. The molecule has 0 bridgehead atoms. The van der Waals surface area contributed by atoms with Gasteiger partial charge in [-0.25, -0.2) is 0 Å².